The van der Waals surface area contributed by atoms with Gasteiger partial charge in [0.05, 0.1) is 13.0 Å². The maximum atomic E-state index is 13.4. The van der Waals surface area contributed by atoms with E-state index in [0.717, 1.165) is 28.8 Å². The summed E-state index contributed by atoms with van der Waals surface area (Å²) >= 11 is 1.72. The lowest BCUT2D eigenvalue weighted by molar-refractivity contribution is -0.141. The van der Waals surface area contributed by atoms with Crippen LogP contribution in [0.15, 0.2) is 72.8 Å². The molecule has 4 nitrogen and oxygen atoms in total. The molecular formula is C26H28N2O2S. The highest BCUT2D eigenvalue weighted by molar-refractivity contribution is 7.11. The van der Waals surface area contributed by atoms with E-state index in [2.05, 4.69) is 19.1 Å². The minimum absolute atomic E-state index is 0.00298. The van der Waals surface area contributed by atoms with Gasteiger partial charge in [-0.2, -0.15) is 0 Å². The van der Waals surface area contributed by atoms with Crippen molar-refractivity contribution in [2.75, 3.05) is 6.54 Å². The molecule has 1 aliphatic rings. The molecule has 0 bridgehead atoms. The standard InChI is InChI=1S/C26H28N2O2S/c1-20-12-15-24(31-20)18-27(17-22-10-6-3-7-11-22)26(30)19-28(23-13-14-23)25(29)16-21-8-4-2-5-9-21/h2-12,15,23H,13-14,16-19H2,1H3. The van der Waals surface area contributed by atoms with Gasteiger partial charge in [0.2, 0.25) is 11.8 Å². The van der Waals surface area contributed by atoms with Gasteiger partial charge in [-0.3, -0.25) is 9.59 Å². The summed E-state index contributed by atoms with van der Waals surface area (Å²) in [5.74, 6) is 0.0388. The number of hydrogen-bond donors (Lipinski definition) is 0. The Kier molecular flexibility index (Phi) is 6.82. The molecule has 3 aromatic rings. The molecule has 0 aliphatic heterocycles. The van der Waals surface area contributed by atoms with Crippen molar-refractivity contribution < 1.29 is 9.59 Å². The topological polar surface area (TPSA) is 40.6 Å². The van der Waals surface area contributed by atoms with Crippen LogP contribution in [0.1, 0.15) is 33.7 Å². The van der Waals surface area contributed by atoms with E-state index in [0.29, 0.717) is 19.5 Å². The number of nitrogens with zero attached hydrogens (tertiary/aromatic N) is 2. The van der Waals surface area contributed by atoms with E-state index in [1.807, 2.05) is 65.6 Å². The molecule has 0 N–H and O–H groups in total. The third kappa shape index (κ3) is 6.05. The first-order valence-electron chi connectivity index (χ1n) is 10.8. The average Bonchev–Trinajstić information content (AvgIpc) is 3.54. The Hall–Kier alpha value is -2.92. The fourth-order valence-corrected chi connectivity index (χ4v) is 4.63. The second kappa shape index (κ2) is 9.92. The van der Waals surface area contributed by atoms with Gasteiger partial charge in [-0.25, -0.2) is 0 Å². The molecule has 1 saturated carbocycles. The molecule has 2 amide bonds. The lowest BCUT2D eigenvalue weighted by Crippen LogP contribution is -2.44. The minimum atomic E-state index is 0.00298. The molecule has 0 unspecified atom stereocenters. The maximum absolute atomic E-state index is 13.4. The summed E-state index contributed by atoms with van der Waals surface area (Å²) in [6, 6.07) is 24.2. The SMILES string of the molecule is Cc1ccc(CN(Cc2ccccc2)C(=O)CN(C(=O)Cc2ccccc2)C2CC2)s1. The largest absolute Gasteiger partial charge is 0.332 e. The van der Waals surface area contributed by atoms with Crippen LogP contribution in [0, 0.1) is 6.92 Å². The molecule has 2 aromatic carbocycles. The van der Waals surface area contributed by atoms with E-state index < -0.39 is 0 Å². The van der Waals surface area contributed by atoms with Gasteiger partial charge in [0.15, 0.2) is 0 Å². The lowest BCUT2D eigenvalue weighted by atomic mass is 10.1. The third-order valence-electron chi connectivity index (χ3n) is 5.52. The van der Waals surface area contributed by atoms with Gasteiger partial charge in [0, 0.05) is 22.3 Å². The van der Waals surface area contributed by atoms with Gasteiger partial charge in [-0.15, -0.1) is 11.3 Å². The van der Waals surface area contributed by atoms with E-state index in [1.54, 1.807) is 16.2 Å². The van der Waals surface area contributed by atoms with Gasteiger partial charge < -0.3 is 9.80 Å². The van der Waals surface area contributed by atoms with E-state index in [9.17, 15) is 9.59 Å². The minimum Gasteiger partial charge on any atom is -0.332 e. The molecule has 1 aromatic heterocycles. The summed E-state index contributed by atoms with van der Waals surface area (Å²) in [4.78, 5) is 32.5. The quantitative estimate of drug-likeness (QED) is 0.486. The van der Waals surface area contributed by atoms with Gasteiger partial charge in [-0.1, -0.05) is 60.7 Å². The molecule has 31 heavy (non-hydrogen) atoms. The maximum Gasteiger partial charge on any atom is 0.242 e. The second-order valence-electron chi connectivity index (χ2n) is 8.16. The first-order chi connectivity index (χ1) is 15.1. The van der Waals surface area contributed by atoms with E-state index in [-0.39, 0.29) is 24.4 Å². The molecular weight excluding hydrogens is 404 g/mol. The van der Waals surface area contributed by atoms with Gasteiger partial charge >= 0.3 is 0 Å². The van der Waals surface area contributed by atoms with Crippen LogP contribution in [-0.4, -0.2) is 34.2 Å². The Morgan fingerprint density at radius 1 is 0.839 bits per heavy atom. The van der Waals surface area contributed by atoms with Gasteiger partial charge in [-0.05, 0) is 43.0 Å². The average molecular weight is 433 g/mol. The van der Waals surface area contributed by atoms with Crippen LogP contribution < -0.4 is 0 Å². The van der Waals surface area contributed by atoms with Crippen molar-refractivity contribution in [1.29, 1.82) is 0 Å². The molecule has 1 heterocycles. The number of rotatable bonds is 9. The first kappa shape index (κ1) is 21.3. The van der Waals surface area contributed by atoms with E-state index in [4.69, 9.17) is 0 Å². The smallest absolute Gasteiger partial charge is 0.242 e. The van der Waals surface area contributed by atoms with E-state index >= 15 is 0 Å². The van der Waals surface area contributed by atoms with Crippen LogP contribution in [-0.2, 0) is 29.1 Å². The number of amides is 2. The summed E-state index contributed by atoms with van der Waals surface area (Å²) in [5.41, 5.74) is 2.08. The number of carbonyl (C=O) groups is 2. The summed E-state index contributed by atoms with van der Waals surface area (Å²) in [6.07, 6.45) is 2.31. The summed E-state index contributed by atoms with van der Waals surface area (Å²) < 4.78 is 0. The highest BCUT2D eigenvalue weighted by atomic mass is 32.1. The third-order valence-corrected chi connectivity index (χ3v) is 6.51. The molecule has 0 radical (unpaired) electrons. The number of thiophene rings is 1. The summed E-state index contributed by atoms with van der Waals surface area (Å²) in [6.45, 7) is 3.34. The van der Waals surface area contributed by atoms with Crippen LogP contribution in [0.4, 0.5) is 0 Å². The highest BCUT2D eigenvalue weighted by Crippen LogP contribution is 2.28. The molecule has 0 atom stereocenters. The lowest BCUT2D eigenvalue weighted by Gasteiger charge is -2.28. The molecule has 5 heteroatoms. The van der Waals surface area contributed by atoms with Crippen molar-refractivity contribution in [3.63, 3.8) is 0 Å². The number of carbonyl (C=O) groups excluding carboxylic acids is 2. The molecule has 4 rings (SSSR count). The Morgan fingerprint density at radius 2 is 1.48 bits per heavy atom. The Bertz CT molecular complexity index is 1010. The van der Waals surface area contributed by atoms with Crippen molar-refractivity contribution >= 4 is 23.2 Å². The van der Waals surface area contributed by atoms with Crippen LogP contribution in [0.3, 0.4) is 0 Å². The molecule has 0 saturated heterocycles. The number of hydrogen-bond acceptors (Lipinski definition) is 3. The van der Waals surface area contributed by atoms with Crippen molar-refractivity contribution in [2.24, 2.45) is 0 Å². The predicted molar refractivity (Wildman–Crippen MR) is 125 cm³/mol. The Balaban J connectivity index is 1.48. The fraction of sp³-hybridized carbons (Fsp3) is 0.308. The van der Waals surface area contributed by atoms with Crippen molar-refractivity contribution in [3.05, 3.63) is 93.7 Å². The summed E-state index contributed by atoms with van der Waals surface area (Å²) in [7, 11) is 0. The normalized spacial score (nSPS) is 13.1. The van der Waals surface area contributed by atoms with Crippen LogP contribution >= 0.6 is 11.3 Å². The number of benzene rings is 2. The van der Waals surface area contributed by atoms with Gasteiger partial charge in [0.1, 0.15) is 6.54 Å². The first-order valence-corrected chi connectivity index (χ1v) is 11.6. The second-order valence-corrected chi connectivity index (χ2v) is 9.54. The Morgan fingerprint density at radius 3 is 2.06 bits per heavy atom. The predicted octanol–water partition coefficient (Wildman–Crippen LogP) is 4.82. The zero-order chi connectivity index (χ0) is 21.6. The van der Waals surface area contributed by atoms with Crippen molar-refractivity contribution in [3.8, 4) is 0 Å². The number of aryl methyl sites for hydroxylation is 1. The summed E-state index contributed by atoms with van der Waals surface area (Å²) in [5, 5.41) is 0. The fourth-order valence-electron chi connectivity index (χ4n) is 3.72. The zero-order valence-electron chi connectivity index (χ0n) is 17.9. The van der Waals surface area contributed by atoms with Gasteiger partial charge in [0.25, 0.3) is 0 Å². The zero-order valence-corrected chi connectivity index (χ0v) is 18.7. The van der Waals surface area contributed by atoms with Crippen molar-refractivity contribution in [2.45, 2.75) is 45.3 Å². The highest BCUT2D eigenvalue weighted by Gasteiger charge is 2.34. The Labute approximate surface area is 188 Å². The van der Waals surface area contributed by atoms with Crippen LogP contribution in [0.5, 0.6) is 0 Å². The molecule has 160 valence electrons. The monoisotopic (exact) mass is 432 g/mol. The molecule has 0 spiro atoms. The van der Waals surface area contributed by atoms with Crippen LogP contribution in [0.2, 0.25) is 0 Å². The van der Waals surface area contributed by atoms with Crippen LogP contribution in [0.25, 0.3) is 0 Å². The molecule has 1 aliphatic carbocycles. The van der Waals surface area contributed by atoms with Crippen molar-refractivity contribution in [1.82, 2.24) is 9.80 Å². The van der Waals surface area contributed by atoms with E-state index in [1.165, 1.54) is 4.88 Å². The molecule has 1 fully saturated rings.